The standard InChI is InChI=1S/C12H19NO3/c1-5-10(14)9-6-7-13(8-9)11(15)16-12(2,3)4/h1,9-10,14H,6-8H2,2-4H3. The second-order valence-electron chi connectivity index (χ2n) is 5.09. The first-order valence-electron chi connectivity index (χ1n) is 5.45. The van der Waals surface area contributed by atoms with Crippen molar-refractivity contribution < 1.29 is 14.6 Å². The van der Waals surface area contributed by atoms with Gasteiger partial charge in [0, 0.05) is 19.0 Å². The van der Waals surface area contributed by atoms with Gasteiger partial charge in [0.25, 0.3) is 0 Å². The third kappa shape index (κ3) is 3.42. The molecule has 1 saturated heterocycles. The molecule has 4 heteroatoms. The van der Waals surface area contributed by atoms with Gasteiger partial charge in [-0.2, -0.15) is 0 Å². The molecule has 16 heavy (non-hydrogen) atoms. The van der Waals surface area contributed by atoms with E-state index in [1.54, 1.807) is 4.90 Å². The summed E-state index contributed by atoms with van der Waals surface area (Å²) in [4.78, 5) is 13.3. The van der Waals surface area contributed by atoms with E-state index in [1.807, 2.05) is 20.8 Å². The van der Waals surface area contributed by atoms with Gasteiger partial charge in [-0.25, -0.2) is 4.79 Å². The highest BCUT2D eigenvalue weighted by Crippen LogP contribution is 2.21. The summed E-state index contributed by atoms with van der Waals surface area (Å²) in [6.07, 6.45) is 4.76. The van der Waals surface area contributed by atoms with E-state index in [4.69, 9.17) is 11.2 Å². The number of ether oxygens (including phenoxy) is 1. The van der Waals surface area contributed by atoms with Crippen LogP contribution in [0.2, 0.25) is 0 Å². The molecule has 2 unspecified atom stereocenters. The summed E-state index contributed by atoms with van der Waals surface area (Å²) in [5.74, 6) is 2.26. The van der Waals surface area contributed by atoms with E-state index in [0.717, 1.165) is 6.42 Å². The minimum absolute atomic E-state index is 0.0301. The van der Waals surface area contributed by atoms with Crippen molar-refractivity contribution in [2.75, 3.05) is 13.1 Å². The van der Waals surface area contributed by atoms with Gasteiger partial charge < -0.3 is 14.7 Å². The number of terminal acetylenes is 1. The Morgan fingerprint density at radius 3 is 2.75 bits per heavy atom. The number of carbonyl (C=O) groups is 1. The fourth-order valence-electron chi connectivity index (χ4n) is 1.67. The molecular weight excluding hydrogens is 206 g/mol. The highest BCUT2D eigenvalue weighted by atomic mass is 16.6. The number of nitrogens with zero attached hydrogens (tertiary/aromatic N) is 1. The molecule has 1 heterocycles. The van der Waals surface area contributed by atoms with E-state index in [9.17, 15) is 9.90 Å². The molecule has 0 aromatic rings. The summed E-state index contributed by atoms with van der Waals surface area (Å²) < 4.78 is 5.24. The molecule has 4 nitrogen and oxygen atoms in total. The third-order valence-corrected chi connectivity index (χ3v) is 2.49. The van der Waals surface area contributed by atoms with Gasteiger partial charge in [0.1, 0.15) is 11.7 Å². The lowest BCUT2D eigenvalue weighted by Crippen LogP contribution is -2.36. The topological polar surface area (TPSA) is 49.8 Å². The van der Waals surface area contributed by atoms with Gasteiger partial charge in [0.05, 0.1) is 0 Å². The quantitative estimate of drug-likeness (QED) is 0.683. The van der Waals surface area contributed by atoms with E-state index in [2.05, 4.69) is 5.92 Å². The van der Waals surface area contributed by atoms with Crippen LogP contribution in [0.1, 0.15) is 27.2 Å². The van der Waals surface area contributed by atoms with Crippen molar-refractivity contribution in [2.45, 2.75) is 38.9 Å². The molecule has 90 valence electrons. The van der Waals surface area contributed by atoms with E-state index in [1.165, 1.54) is 0 Å². The van der Waals surface area contributed by atoms with E-state index in [-0.39, 0.29) is 12.0 Å². The van der Waals surface area contributed by atoms with Crippen molar-refractivity contribution in [1.29, 1.82) is 0 Å². The Morgan fingerprint density at radius 2 is 2.25 bits per heavy atom. The van der Waals surface area contributed by atoms with Gasteiger partial charge in [-0.05, 0) is 27.2 Å². The molecule has 0 aromatic heterocycles. The minimum Gasteiger partial charge on any atom is -0.444 e. The van der Waals surface area contributed by atoms with Crippen molar-refractivity contribution in [1.82, 2.24) is 4.90 Å². The average molecular weight is 225 g/mol. The molecule has 1 N–H and O–H groups in total. The summed E-state index contributed by atoms with van der Waals surface area (Å²) in [6, 6.07) is 0. The first-order valence-corrected chi connectivity index (χ1v) is 5.45. The van der Waals surface area contributed by atoms with Crippen molar-refractivity contribution in [2.24, 2.45) is 5.92 Å². The van der Waals surface area contributed by atoms with Crippen LogP contribution in [0, 0.1) is 18.3 Å². The lowest BCUT2D eigenvalue weighted by molar-refractivity contribution is 0.0278. The average Bonchev–Trinajstić information content (AvgIpc) is 2.62. The summed E-state index contributed by atoms with van der Waals surface area (Å²) in [5.41, 5.74) is -0.486. The van der Waals surface area contributed by atoms with Gasteiger partial charge in [-0.3, -0.25) is 0 Å². The number of carbonyl (C=O) groups excluding carboxylic acids is 1. The van der Waals surface area contributed by atoms with Gasteiger partial charge in [0.15, 0.2) is 0 Å². The fraction of sp³-hybridized carbons (Fsp3) is 0.750. The van der Waals surface area contributed by atoms with Crippen molar-refractivity contribution >= 4 is 6.09 Å². The van der Waals surface area contributed by atoms with Gasteiger partial charge >= 0.3 is 6.09 Å². The second-order valence-corrected chi connectivity index (χ2v) is 5.09. The molecular formula is C12H19NO3. The lowest BCUT2D eigenvalue weighted by Gasteiger charge is -2.24. The highest BCUT2D eigenvalue weighted by molar-refractivity contribution is 5.68. The number of hydrogen-bond acceptors (Lipinski definition) is 3. The smallest absolute Gasteiger partial charge is 0.410 e. The number of aliphatic hydroxyl groups excluding tert-OH is 1. The highest BCUT2D eigenvalue weighted by Gasteiger charge is 2.32. The second kappa shape index (κ2) is 4.75. The van der Waals surface area contributed by atoms with E-state index in [0.29, 0.717) is 13.1 Å². The minimum atomic E-state index is -0.771. The maximum Gasteiger partial charge on any atom is 0.410 e. The number of hydrogen-bond donors (Lipinski definition) is 1. The van der Waals surface area contributed by atoms with Crippen LogP contribution in [0.15, 0.2) is 0 Å². The molecule has 1 fully saturated rings. The number of amides is 1. The molecule has 0 spiro atoms. The molecule has 1 rings (SSSR count). The predicted molar refractivity (Wildman–Crippen MR) is 60.8 cm³/mol. The SMILES string of the molecule is C#CC(O)C1CCN(C(=O)OC(C)(C)C)C1. The zero-order valence-corrected chi connectivity index (χ0v) is 10.1. The predicted octanol–water partition coefficient (Wildman–Crippen LogP) is 1.24. The summed E-state index contributed by atoms with van der Waals surface area (Å²) in [6.45, 7) is 6.55. The van der Waals surface area contributed by atoms with Crippen LogP contribution < -0.4 is 0 Å². The van der Waals surface area contributed by atoms with E-state index >= 15 is 0 Å². The number of aliphatic hydroxyl groups is 1. The Bertz CT molecular complexity index is 300. The summed E-state index contributed by atoms with van der Waals surface area (Å²) >= 11 is 0. The maximum atomic E-state index is 11.7. The molecule has 0 bridgehead atoms. The fourth-order valence-corrected chi connectivity index (χ4v) is 1.67. The van der Waals surface area contributed by atoms with Gasteiger partial charge in [0.2, 0.25) is 0 Å². The molecule has 1 aliphatic heterocycles. The largest absolute Gasteiger partial charge is 0.444 e. The first-order chi connectivity index (χ1) is 7.33. The zero-order chi connectivity index (χ0) is 12.3. The normalized spacial score (nSPS) is 22.7. The molecule has 1 amide bonds. The molecule has 0 aliphatic carbocycles. The van der Waals surface area contributed by atoms with Crippen molar-refractivity contribution in [3.63, 3.8) is 0 Å². The Morgan fingerprint density at radius 1 is 1.62 bits per heavy atom. The molecule has 2 atom stereocenters. The molecule has 1 aliphatic rings. The Hall–Kier alpha value is -1.21. The van der Waals surface area contributed by atoms with Crippen LogP contribution in [0.25, 0.3) is 0 Å². The molecule has 0 radical (unpaired) electrons. The third-order valence-electron chi connectivity index (χ3n) is 2.49. The van der Waals surface area contributed by atoms with Crippen molar-refractivity contribution in [3.8, 4) is 12.3 Å². The molecule has 0 aromatic carbocycles. The number of likely N-dealkylation sites (tertiary alicyclic amines) is 1. The Balaban J connectivity index is 2.48. The lowest BCUT2D eigenvalue weighted by atomic mass is 10.0. The summed E-state index contributed by atoms with van der Waals surface area (Å²) in [5, 5.41) is 9.47. The van der Waals surface area contributed by atoms with Crippen LogP contribution in [-0.4, -0.2) is 40.9 Å². The monoisotopic (exact) mass is 225 g/mol. The van der Waals surface area contributed by atoms with Crippen LogP contribution >= 0.6 is 0 Å². The summed E-state index contributed by atoms with van der Waals surface area (Å²) in [7, 11) is 0. The maximum absolute atomic E-state index is 11.7. The van der Waals surface area contributed by atoms with Crippen LogP contribution in [0.5, 0.6) is 0 Å². The van der Waals surface area contributed by atoms with Crippen LogP contribution in [0.3, 0.4) is 0 Å². The van der Waals surface area contributed by atoms with Crippen LogP contribution in [-0.2, 0) is 4.74 Å². The van der Waals surface area contributed by atoms with Gasteiger partial charge in [-0.15, -0.1) is 6.42 Å². The Labute approximate surface area is 96.6 Å². The molecule has 0 saturated carbocycles. The first kappa shape index (κ1) is 12.9. The number of rotatable bonds is 1. The zero-order valence-electron chi connectivity index (χ0n) is 10.1. The Kier molecular flexibility index (Phi) is 3.82. The van der Waals surface area contributed by atoms with Crippen molar-refractivity contribution in [3.05, 3.63) is 0 Å². The van der Waals surface area contributed by atoms with Crippen LogP contribution in [0.4, 0.5) is 4.79 Å². The van der Waals surface area contributed by atoms with E-state index < -0.39 is 11.7 Å². The van der Waals surface area contributed by atoms with Gasteiger partial charge in [-0.1, -0.05) is 5.92 Å².